The first-order chi connectivity index (χ1) is 15.2. The number of rotatable bonds is 13. The number of benzene rings is 2. The van der Waals surface area contributed by atoms with Crippen LogP contribution in [0.4, 0.5) is 0 Å². The van der Waals surface area contributed by atoms with Crippen molar-refractivity contribution >= 4 is 31.9 Å². The van der Waals surface area contributed by atoms with Gasteiger partial charge in [0.1, 0.15) is 17.6 Å². The molecule has 1 aliphatic heterocycles. The third kappa shape index (κ3) is 8.11. The van der Waals surface area contributed by atoms with Crippen molar-refractivity contribution in [1.29, 1.82) is 0 Å². The summed E-state index contributed by atoms with van der Waals surface area (Å²) in [5.74, 6) is 1.77. The average molecular weight is 554 g/mol. The lowest BCUT2D eigenvalue weighted by molar-refractivity contribution is 0.141. The molecule has 2 aromatic rings. The molecular formula is C26H34Br2O3. The van der Waals surface area contributed by atoms with E-state index in [2.05, 4.69) is 69.1 Å². The Morgan fingerprint density at radius 2 is 1.45 bits per heavy atom. The van der Waals surface area contributed by atoms with E-state index >= 15 is 0 Å². The first-order valence-corrected chi connectivity index (χ1v) is 13.2. The van der Waals surface area contributed by atoms with Crippen LogP contribution in [0.15, 0.2) is 45.3 Å². The first-order valence-electron chi connectivity index (χ1n) is 11.6. The predicted octanol–water partition coefficient (Wildman–Crippen LogP) is 8.57. The molecule has 1 aliphatic rings. The standard InChI is InChI=1S/C26H34Br2O3/c1-2-3-4-5-6-7-8-9-15-30-25-12-10-20(17-23(25)27)21-11-13-26(24(28)18-21)31-22-14-16-29-19-22/h10-13,17-18,22H,2-9,14-16,19H2,1H3. The zero-order valence-electron chi connectivity index (χ0n) is 18.5. The van der Waals surface area contributed by atoms with Crippen LogP contribution < -0.4 is 9.47 Å². The molecule has 0 spiro atoms. The summed E-state index contributed by atoms with van der Waals surface area (Å²) in [6, 6.07) is 12.5. The molecule has 170 valence electrons. The summed E-state index contributed by atoms with van der Waals surface area (Å²) in [5, 5.41) is 0. The SMILES string of the molecule is CCCCCCCCCCOc1ccc(-c2ccc(OC3CCOC3)c(Br)c2)cc1Br. The van der Waals surface area contributed by atoms with Crippen LogP contribution in [0.25, 0.3) is 11.1 Å². The van der Waals surface area contributed by atoms with E-state index in [-0.39, 0.29) is 6.10 Å². The second kappa shape index (κ2) is 13.5. The Bertz CT molecular complexity index is 803. The van der Waals surface area contributed by atoms with Crippen LogP contribution in [0.1, 0.15) is 64.7 Å². The molecule has 0 bridgehead atoms. The molecule has 5 heteroatoms. The smallest absolute Gasteiger partial charge is 0.134 e. The molecule has 0 aliphatic carbocycles. The predicted molar refractivity (Wildman–Crippen MR) is 135 cm³/mol. The van der Waals surface area contributed by atoms with Crippen LogP contribution in [0.5, 0.6) is 11.5 Å². The molecule has 1 saturated heterocycles. The maximum absolute atomic E-state index is 6.04. The maximum Gasteiger partial charge on any atom is 0.134 e. The normalized spacial score (nSPS) is 15.9. The Morgan fingerprint density at radius 1 is 0.839 bits per heavy atom. The molecule has 2 aromatic carbocycles. The molecule has 0 saturated carbocycles. The number of hydrogen-bond donors (Lipinski definition) is 0. The van der Waals surface area contributed by atoms with Gasteiger partial charge in [0.15, 0.2) is 0 Å². The summed E-state index contributed by atoms with van der Waals surface area (Å²) < 4.78 is 19.4. The number of ether oxygens (including phenoxy) is 3. The third-order valence-electron chi connectivity index (χ3n) is 5.63. The molecule has 1 heterocycles. The second-order valence-corrected chi connectivity index (χ2v) is 9.93. The molecule has 1 fully saturated rings. The van der Waals surface area contributed by atoms with Crippen molar-refractivity contribution in [3.05, 3.63) is 45.3 Å². The number of unbranched alkanes of at least 4 members (excludes halogenated alkanes) is 7. The topological polar surface area (TPSA) is 27.7 Å². The van der Waals surface area contributed by atoms with Crippen LogP contribution in [0.2, 0.25) is 0 Å². The van der Waals surface area contributed by atoms with Crippen molar-refractivity contribution in [2.75, 3.05) is 19.8 Å². The summed E-state index contributed by atoms with van der Waals surface area (Å²) in [7, 11) is 0. The van der Waals surface area contributed by atoms with E-state index in [1.165, 1.54) is 44.9 Å². The van der Waals surface area contributed by atoms with E-state index in [1.807, 2.05) is 6.07 Å². The monoisotopic (exact) mass is 552 g/mol. The van der Waals surface area contributed by atoms with Gasteiger partial charge in [0.05, 0.1) is 28.8 Å². The molecule has 1 unspecified atom stereocenters. The van der Waals surface area contributed by atoms with Gasteiger partial charge in [0, 0.05) is 6.42 Å². The van der Waals surface area contributed by atoms with Crippen molar-refractivity contribution in [3.8, 4) is 22.6 Å². The minimum atomic E-state index is 0.147. The van der Waals surface area contributed by atoms with Gasteiger partial charge in [-0.15, -0.1) is 0 Å². The quantitative estimate of drug-likeness (QED) is 0.232. The van der Waals surface area contributed by atoms with Crippen molar-refractivity contribution in [2.24, 2.45) is 0 Å². The van der Waals surface area contributed by atoms with Crippen molar-refractivity contribution < 1.29 is 14.2 Å². The fraction of sp³-hybridized carbons (Fsp3) is 0.538. The Morgan fingerprint density at radius 3 is 2.03 bits per heavy atom. The zero-order chi connectivity index (χ0) is 21.9. The van der Waals surface area contributed by atoms with Crippen LogP contribution in [-0.4, -0.2) is 25.9 Å². The van der Waals surface area contributed by atoms with Crippen molar-refractivity contribution in [1.82, 2.24) is 0 Å². The van der Waals surface area contributed by atoms with Gasteiger partial charge in [0.2, 0.25) is 0 Å². The van der Waals surface area contributed by atoms with E-state index < -0.39 is 0 Å². The van der Waals surface area contributed by atoms with Crippen molar-refractivity contribution in [3.63, 3.8) is 0 Å². The molecular weight excluding hydrogens is 520 g/mol. The van der Waals surface area contributed by atoms with Gasteiger partial charge in [-0.2, -0.15) is 0 Å². The minimum Gasteiger partial charge on any atom is -0.492 e. The van der Waals surface area contributed by atoms with E-state index in [0.29, 0.717) is 6.61 Å². The summed E-state index contributed by atoms with van der Waals surface area (Å²) in [6.07, 6.45) is 11.6. The van der Waals surface area contributed by atoms with Gasteiger partial charge in [-0.25, -0.2) is 0 Å². The maximum atomic E-state index is 6.04. The van der Waals surface area contributed by atoms with Crippen LogP contribution in [0.3, 0.4) is 0 Å². The summed E-state index contributed by atoms with van der Waals surface area (Å²) in [5.41, 5.74) is 2.28. The molecule has 0 amide bonds. The molecule has 31 heavy (non-hydrogen) atoms. The van der Waals surface area contributed by atoms with Crippen LogP contribution >= 0.6 is 31.9 Å². The van der Waals surface area contributed by atoms with Gasteiger partial charge in [-0.3, -0.25) is 0 Å². The average Bonchev–Trinajstić information content (AvgIpc) is 3.28. The second-order valence-electron chi connectivity index (χ2n) is 8.22. The molecule has 0 N–H and O–H groups in total. The number of halogens is 2. The zero-order valence-corrected chi connectivity index (χ0v) is 21.7. The van der Waals surface area contributed by atoms with E-state index in [4.69, 9.17) is 14.2 Å². The highest BCUT2D eigenvalue weighted by molar-refractivity contribution is 9.11. The summed E-state index contributed by atoms with van der Waals surface area (Å²) >= 11 is 7.33. The largest absolute Gasteiger partial charge is 0.492 e. The van der Waals surface area contributed by atoms with Gasteiger partial charge >= 0.3 is 0 Å². The van der Waals surface area contributed by atoms with E-state index in [1.54, 1.807) is 0 Å². The van der Waals surface area contributed by atoms with Crippen LogP contribution in [0, 0.1) is 0 Å². The van der Waals surface area contributed by atoms with Gasteiger partial charge in [-0.05, 0) is 73.7 Å². The van der Waals surface area contributed by atoms with Crippen molar-refractivity contribution in [2.45, 2.75) is 70.8 Å². The first kappa shape index (κ1) is 24.6. The lowest BCUT2D eigenvalue weighted by atomic mass is 10.1. The summed E-state index contributed by atoms with van der Waals surface area (Å²) in [6.45, 7) is 4.48. The fourth-order valence-electron chi connectivity index (χ4n) is 3.78. The number of hydrogen-bond acceptors (Lipinski definition) is 3. The fourth-order valence-corrected chi connectivity index (χ4v) is 4.74. The lowest BCUT2D eigenvalue weighted by Crippen LogP contribution is -2.15. The Kier molecular flexibility index (Phi) is 10.7. The minimum absolute atomic E-state index is 0.147. The molecule has 3 rings (SSSR count). The van der Waals surface area contributed by atoms with E-state index in [0.717, 1.165) is 57.6 Å². The van der Waals surface area contributed by atoms with Crippen LogP contribution in [-0.2, 0) is 4.74 Å². The third-order valence-corrected chi connectivity index (χ3v) is 6.87. The lowest BCUT2D eigenvalue weighted by Gasteiger charge is -2.15. The highest BCUT2D eigenvalue weighted by Gasteiger charge is 2.18. The Balaban J connectivity index is 1.46. The highest BCUT2D eigenvalue weighted by Crippen LogP contribution is 2.35. The highest BCUT2D eigenvalue weighted by atomic mass is 79.9. The summed E-state index contributed by atoms with van der Waals surface area (Å²) in [4.78, 5) is 0. The van der Waals surface area contributed by atoms with Gasteiger partial charge in [-0.1, -0.05) is 64.0 Å². The van der Waals surface area contributed by atoms with Gasteiger partial charge < -0.3 is 14.2 Å². The molecule has 0 aromatic heterocycles. The van der Waals surface area contributed by atoms with E-state index in [9.17, 15) is 0 Å². The Hall–Kier alpha value is -1.04. The molecule has 1 atom stereocenters. The Labute approximate surface area is 204 Å². The molecule has 3 nitrogen and oxygen atoms in total. The molecule has 0 radical (unpaired) electrons. The van der Waals surface area contributed by atoms with Gasteiger partial charge in [0.25, 0.3) is 0 Å².